The van der Waals surface area contributed by atoms with Crippen LogP contribution in [0.3, 0.4) is 0 Å². The summed E-state index contributed by atoms with van der Waals surface area (Å²) >= 11 is 0. The van der Waals surface area contributed by atoms with E-state index in [1.165, 1.54) is 24.5 Å². The highest BCUT2D eigenvalue weighted by atomic mass is 19.4. The topological polar surface area (TPSA) is 68.2 Å². The second kappa shape index (κ2) is 9.13. The van der Waals surface area contributed by atoms with E-state index in [1.54, 1.807) is 17.9 Å². The number of pyridine rings is 1. The van der Waals surface area contributed by atoms with Gasteiger partial charge in [-0.1, -0.05) is 0 Å². The zero-order chi connectivity index (χ0) is 23.6. The maximum atomic E-state index is 14.0. The highest BCUT2D eigenvalue weighted by Crippen LogP contribution is 2.31. The lowest BCUT2D eigenvalue weighted by atomic mass is 9.97. The van der Waals surface area contributed by atoms with Crippen molar-refractivity contribution in [1.29, 1.82) is 0 Å². The van der Waals surface area contributed by atoms with Crippen molar-refractivity contribution >= 4 is 5.91 Å². The van der Waals surface area contributed by atoms with Crippen LogP contribution >= 0.6 is 0 Å². The van der Waals surface area contributed by atoms with Crippen LogP contribution in [0.15, 0.2) is 55.0 Å². The van der Waals surface area contributed by atoms with Crippen molar-refractivity contribution in [2.24, 2.45) is 0 Å². The molecule has 4 rings (SSSR count). The summed E-state index contributed by atoms with van der Waals surface area (Å²) in [6, 6.07) is 7.13. The summed E-state index contributed by atoms with van der Waals surface area (Å²) in [5.41, 5.74) is -0.340. The maximum Gasteiger partial charge on any atom is 0.417 e. The number of amides is 1. The number of alkyl halides is 3. The molecule has 0 N–H and O–H groups in total. The molecule has 0 radical (unpaired) electrons. The van der Waals surface area contributed by atoms with Gasteiger partial charge in [-0.2, -0.15) is 13.2 Å². The number of hydrogen-bond donors (Lipinski definition) is 0. The van der Waals surface area contributed by atoms with Crippen LogP contribution < -0.4 is 4.74 Å². The van der Waals surface area contributed by atoms with E-state index in [-0.39, 0.29) is 11.4 Å². The van der Waals surface area contributed by atoms with Crippen LogP contribution in [0.4, 0.5) is 17.6 Å². The van der Waals surface area contributed by atoms with Crippen molar-refractivity contribution < 1.29 is 27.1 Å². The van der Waals surface area contributed by atoms with Gasteiger partial charge in [0.25, 0.3) is 5.91 Å². The molecular weight excluding hydrogens is 440 g/mol. The van der Waals surface area contributed by atoms with Gasteiger partial charge in [0.2, 0.25) is 5.88 Å². The molecule has 2 atom stereocenters. The predicted octanol–water partition coefficient (Wildman–Crippen LogP) is 4.77. The molecule has 1 aliphatic rings. The minimum atomic E-state index is -4.49. The van der Waals surface area contributed by atoms with Crippen molar-refractivity contribution in [2.75, 3.05) is 6.54 Å². The van der Waals surface area contributed by atoms with Gasteiger partial charge in [-0.15, -0.1) is 0 Å². The third-order valence-electron chi connectivity index (χ3n) is 5.53. The van der Waals surface area contributed by atoms with E-state index in [1.807, 2.05) is 0 Å². The van der Waals surface area contributed by atoms with Gasteiger partial charge >= 0.3 is 6.18 Å². The van der Waals surface area contributed by atoms with Crippen LogP contribution in [-0.2, 0) is 6.18 Å². The maximum absolute atomic E-state index is 14.0. The Hall–Kier alpha value is -3.56. The third-order valence-corrected chi connectivity index (χ3v) is 5.53. The molecular formula is C23H20F4N4O2. The van der Waals surface area contributed by atoms with E-state index in [0.29, 0.717) is 37.0 Å². The number of aromatic nitrogens is 3. The first kappa shape index (κ1) is 22.6. The molecule has 1 amide bonds. The number of carbonyl (C=O) groups excluding carboxylic acids is 1. The lowest BCUT2D eigenvalue weighted by Crippen LogP contribution is -2.51. The van der Waals surface area contributed by atoms with Gasteiger partial charge in [-0.25, -0.2) is 19.3 Å². The monoisotopic (exact) mass is 460 g/mol. The molecule has 0 bridgehead atoms. The van der Waals surface area contributed by atoms with Crippen molar-refractivity contribution in [3.63, 3.8) is 0 Å². The zero-order valence-corrected chi connectivity index (χ0v) is 17.6. The molecule has 10 heteroatoms. The Kier molecular flexibility index (Phi) is 6.26. The molecule has 3 heterocycles. The first-order chi connectivity index (χ1) is 15.7. The Morgan fingerprint density at radius 2 is 1.88 bits per heavy atom. The summed E-state index contributed by atoms with van der Waals surface area (Å²) < 4.78 is 58.2. The Labute approximate surface area is 187 Å². The van der Waals surface area contributed by atoms with Gasteiger partial charge in [0.05, 0.1) is 17.2 Å². The Balaban J connectivity index is 1.56. The molecule has 3 aromatic rings. The summed E-state index contributed by atoms with van der Waals surface area (Å²) in [6.45, 7) is 2.20. The molecule has 33 heavy (non-hydrogen) atoms. The quantitative estimate of drug-likeness (QED) is 0.525. The first-order valence-corrected chi connectivity index (χ1v) is 10.3. The molecule has 6 nitrogen and oxygen atoms in total. The smallest absolute Gasteiger partial charge is 0.417 e. The molecule has 0 saturated carbocycles. The number of likely N-dealkylation sites (tertiary alicyclic amines) is 1. The third kappa shape index (κ3) is 4.94. The Morgan fingerprint density at radius 3 is 2.55 bits per heavy atom. The van der Waals surface area contributed by atoms with Crippen molar-refractivity contribution in [3.8, 4) is 17.3 Å². The van der Waals surface area contributed by atoms with Crippen LogP contribution in [-0.4, -0.2) is 44.4 Å². The highest BCUT2D eigenvalue weighted by molar-refractivity contribution is 6.00. The zero-order valence-electron chi connectivity index (χ0n) is 17.6. The number of piperidine rings is 1. The van der Waals surface area contributed by atoms with E-state index in [0.717, 1.165) is 18.2 Å². The summed E-state index contributed by atoms with van der Waals surface area (Å²) in [4.78, 5) is 27.1. The van der Waals surface area contributed by atoms with E-state index in [4.69, 9.17) is 4.74 Å². The van der Waals surface area contributed by atoms with Crippen LogP contribution in [0, 0.1) is 5.82 Å². The van der Waals surface area contributed by atoms with Gasteiger partial charge in [0, 0.05) is 36.8 Å². The number of hydrogen-bond acceptors (Lipinski definition) is 5. The van der Waals surface area contributed by atoms with Gasteiger partial charge < -0.3 is 9.64 Å². The molecule has 1 aromatic carbocycles. The van der Waals surface area contributed by atoms with E-state index in [9.17, 15) is 22.4 Å². The van der Waals surface area contributed by atoms with Gasteiger partial charge in [0.15, 0.2) is 5.82 Å². The molecule has 172 valence electrons. The number of benzene rings is 1. The predicted molar refractivity (Wildman–Crippen MR) is 111 cm³/mol. The fourth-order valence-electron chi connectivity index (χ4n) is 3.81. The van der Waals surface area contributed by atoms with Crippen LogP contribution in [0.5, 0.6) is 5.88 Å². The van der Waals surface area contributed by atoms with Gasteiger partial charge in [0.1, 0.15) is 11.9 Å². The lowest BCUT2D eigenvalue weighted by Gasteiger charge is -2.39. The number of nitrogens with zero attached hydrogens (tertiary/aromatic N) is 4. The van der Waals surface area contributed by atoms with Gasteiger partial charge in [-0.05, 0) is 50.1 Å². The summed E-state index contributed by atoms with van der Waals surface area (Å²) in [7, 11) is 0. The molecule has 2 unspecified atom stereocenters. The fourth-order valence-corrected chi connectivity index (χ4v) is 3.81. The first-order valence-electron chi connectivity index (χ1n) is 10.3. The largest absolute Gasteiger partial charge is 0.472 e. The summed E-state index contributed by atoms with van der Waals surface area (Å²) in [5, 5.41) is 0. The van der Waals surface area contributed by atoms with Crippen molar-refractivity contribution in [2.45, 2.75) is 38.1 Å². The average molecular weight is 460 g/mol. The minimum absolute atomic E-state index is 0.0401. The number of rotatable bonds is 4. The van der Waals surface area contributed by atoms with Crippen LogP contribution in [0.25, 0.3) is 11.4 Å². The fraction of sp³-hybridized carbons (Fsp3) is 0.304. The second-order valence-corrected chi connectivity index (χ2v) is 7.68. The number of halogens is 4. The highest BCUT2D eigenvalue weighted by Gasteiger charge is 2.35. The molecule has 0 aliphatic carbocycles. The lowest BCUT2D eigenvalue weighted by molar-refractivity contribution is -0.137. The Morgan fingerprint density at radius 1 is 1.12 bits per heavy atom. The summed E-state index contributed by atoms with van der Waals surface area (Å²) in [6.07, 6.45) is -0.00607. The van der Waals surface area contributed by atoms with E-state index >= 15 is 0 Å². The minimum Gasteiger partial charge on any atom is -0.472 e. The molecule has 1 fully saturated rings. The van der Waals surface area contributed by atoms with Gasteiger partial charge in [-0.3, -0.25) is 4.79 Å². The van der Waals surface area contributed by atoms with Crippen LogP contribution in [0.2, 0.25) is 0 Å². The number of ether oxygens (including phenoxy) is 1. The summed E-state index contributed by atoms with van der Waals surface area (Å²) in [5.74, 6) is -0.631. The van der Waals surface area contributed by atoms with Crippen molar-refractivity contribution in [1.82, 2.24) is 19.9 Å². The average Bonchev–Trinajstić information content (AvgIpc) is 2.80. The SMILES string of the molecule is CC1C(Oc2ccc(C(F)(F)F)cn2)CCCN1C(=O)c1cc(F)ccc1-c1ncccn1. The molecule has 1 saturated heterocycles. The van der Waals surface area contributed by atoms with Crippen molar-refractivity contribution in [3.05, 3.63) is 71.9 Å². The standard InChI is InChI=1S/C23H20F4N4O2/c1-14-19(33-20-8-5-15(13-30-20)23(25,26)27)4-2-11-31(14)22(32)18-12-16(24)6-7-17(18)21-28-9-3-10-29-21/h3,5-10,12-14,19H,2,4,11H2,1H3. The molecule has 2 aromatic heterocycles. The number of carbonyl (C=O) groups is 1. The molecule has 1 aliphatic heterocycles. The Bertz CT molecular complexity index is 1120. The van der Waals surface area contributed by atoms with E-state index < -0.39 is 35.6 Å². The molecule has 0 spiro atoms. The normalized spacial score (nSPS) is 18.8. The van der Waals surface area contributed by atoms with E-state index in [2.05, 4.69) is 15.0 Å². The van der Waals surface area contributed by atoms with Crippen LogP contribution in [0.1, 0.15) is 35.7 Å². The second-order valence-electron chi connectivity index (χ2n) is 7.68.